The number of hydrogen-bond acceptors (Lipinski definition) is 3. The summed E-state index contributed by atoms with van der Waals surface area (Å²) in [6, 6.07) is 8.30. The van der Waals surface area contributed by atoms with E-state index in [0.717, 1.165) is 18.0 Å². The fourth-order valence-electron chi connectivity index (χ4n) is 2.23. The van der Waals surface area contributed by atoms with Gasteiger partial charge in [0.1, 0.15) is 17.9 Å². The van der Waals surface area contributed by atoms with Gasteiger partial charge in [0, 0.05) is 12.0 Å². The molecule has 0 N–H and O–H groups in total. The quantitative estimate of drug-likeness (QED) is 0.768. The molecule has 88 valence electrons. The first-order valence-electron chi connectivity index (χ1n) is 5.56. The van der Waals surface area contributed by atoms with Crippen molar-refractivity contribution in [3.05, 3.63) is 42.0 Å². The highest BCUT2D eigenvalue weighted by molar-refractivity contribution is 6.16. The van der Waals surface area contributed by atoms with Gasteiger partial charge in [-0.15, -0.1) is 21.8 Å². The van der Waals surface area contributed by atoms with E-state index >= 15 is 0 Å². The molecule has 0 spiro atoms. The molecule has 3 rings (SSSR count). The molecule has 1 aliphatic heterocycles. The van der Waals surface area contributed by atoms with Crippen LogP contribution >= 0.6 is 11.6 Å². The number of fused-ring (bicyclic) bond motifs is 1. The van der Waals surface area contributed by atoms with Crippen molar-refractivity contribution in [2.24, 2.45) is 0 Å². The van der Waals surface area contributed by atoms with Gasteiger partial charge in [0.15, 0.2) is 0 Å². The molecule has 0 aliphatic carbocycles. The largest absolute Gasteiger partial charge is 0.493 e. The average molecular weight is 250 g/mol. The molecule has 1 atom stereocenters. The fourth-order valence-corrected chi connectivity index (χ4v) is 2.43. The summed E-state index contributed by atoms with van der Waals surface area (Å²) in [7, 11) is 0. The van der Waals surface area contributed by atoms with Crippen molar-refractivity contribution >= 4 is 11.6 Å². The van der Waals surface area contributed by atoms with E-state index in [-0.39, 0.29) is 6.04 Å². The van der Waals surface area contributed by atoms with Crippen molar-refractivity contribution in [3.63, 3.8) is 0 Å². The zero-order valence-electron chi connectivity index (χ0n) is 9.21. The van der Waals surface area contributed by atoms with Crippen LogP contribution in [0.2, 0.25) is 0 Å². The van der Waals surface area contributed by atoms with Gasteiger partial charge in [-0.3, -0.25) is 0 Å². The maximum Gasteiger partial charge on any atom is 0.148 e. The molecule has 4 nitrogen and oxygen atoms in total. The van der Waals surface area contributed by atoms with E-state index in [1.807, 2.05) is 22.8 Å². The molecule has 0 saturated carbocycles. The number of rotatable bonds is 2. The number of nitrogens with zero attached hydrogens (tertiary/aromatic N) is 3. The summed E-state index contributed by atoms with van der Waals surface area (Å²) < 4.78 is 7.67. The molecular weight excluding hydrogens is 238 g/mol. The molecule has 17 heavy (non-hydrogen) atoms. The van der Waals surface area contributed by atoms with Crippen LogP contribution < -0.4 is 4.74 Å². The van der Waals surface area contributed by atoms with Gasteiger partial charge in [0.2, 0.25) is 0 Å². The minimum atomic E-state index is 0.226. The second-order valence-electron chi connectivity index (χ2n) is 3.98. The van der Waals surface area contributed by atoms with E-state index < -0.39 is 0 Å². The van der Waals surface area contributed by atoms with E-state index in [0.29, 0.717) is 12.5 Å². The van der Waals surface area contributed by atoms with Gasteiger partial charge in [-0.25, -0.2) is 0 Å². The van der Waals surface area contributed by atoms with Crippen molar-refractivity contribution in [1.82, 2.24) is 14.8 Å². The first-order valence-corrected chi connectivity index (χ1v) is 6.09. The molecule has 5 heteroatoms. The van der Waals surface area contributed by atoms with E-state index in [2.05, 4.69) is 16.3 Å². The van der Waals surface area contributed by atoms with Gasteiger partial charge < -0.3 is 9.30 Å². The normalized spacial score (nSPS) is 18.5. The first-order chi connectivity index (χ1) is 8.40. The number of halogens is 1. The highest BCUT2D eigenvalue weighted by Crippen LogP contribution is 2.34. The van der Waals surface area contributed by atoms with Gasteiger partial charge in [-0.1, -0.05) is 18.2 Å². The smallest absolute Gasteiger partial charge is 0.148 e. The summed E-state index contributed by atoms with van der Waals surface area (Å²) in [5.41, 5.74) is 1.17. The molecular formula is C12H12ClN3O. The van der Waals surface area contributed by atoms with E-state index in [4.69, 9.17) is 16.3 Å². The van der Waals surface area contributed by atoms with E-state index in [9.17, 15) is 0 Å². The molecule has 0 fully saturated rings. The molecule has 1 aliphatic rings. The lowest BCUT2D eigenvalue weighted by Gasteiger charge is -2.27. The summed E-state index contributed by atoms with van der Waals surface area (Å²) in [5, 5.41) is 7.95. The highest BCUT2D eigenvalue weighted by Gasteiger charge is 2.24. The Kier molecular flexibility index (Phi) is 2.73. The Morgan fingerprint density at radius 2 is 2.29 bits per heavy atom. The summed E-state index contributed by atoms with van der Waals surface area (Å²) in [4.78, 5) is 0. The Morgan fingerprint density at radius 1 is 1.41 bits per heavy atom. The molecule has 0 amide bonds. The maximum atomic E-state index is 5.87. The summed E-state index contributed by atoms with van der Waals surface area (Å²) >= 11 is 5.87. The van der Waals surface area contributed by atoms with Gasteiger partial charge in [0.25, 0.3) is 0 Å². The monoisotopic (exact) mass is 249 g/mol. The molecule has 2 heterocycles. The van der Waals surface area contributed by atoms with Crippen molar-refractivity contribution in [2.75, 3.05) is 6.61 Å². The summed E-state index contributed by atoms with van der Waals surface area (Å²) in [5.74, 6) is 2.12. The van der Waals surface area contributed by atoms with Crippen LogP contribution in [0.15, 0.2) is 30.6 Å². The molecule has 1 aromatic heterocycles. The van der Waals surface area contributed by atoms with Crippen LogP contribution in [0.4, 0.5) is 0 Å². The molecule has 0 radical (unpaired) electrons. The van der Waals surface area contributed by atoms with Crippen LogP contribution in [0.1, 0.15) is 23.9 Å². The third-order valence-corrected chi connectivity index (χ3v) is 3.27. The minimum absolute atomic E-state index is 0.226. The molecule has 1 unspecified atom stereocenters. The van der Waals surface area contributed by atoms with Gasteiger partial charge in [-0.05, 0) is 6.07 Å². The lowest BCUT2D eigenvalue weighted by molar-refractivity contribution is 0.255. The van der Waals surface area contributed by atoms with Crippen LogP contribution in [0, 0.1) is 0 Å². The molecule has 0 bridgehead atoms. The Morgan fingerprint density at radius 3 is 3.18 bits per heavy atom. The van der Waals surface area contributed by atoms with Gasteiger partial charge >= 0.3 is 0 Å². The molecule has 2 aromatic rings. The second kappa shape index (κ2) is 4.37. The summed E-state index contributed by atoms with van der Waals surface area (Å²) in [6.45, 7) is 0.710. The van der Waals surface area contributed by atoms with E-state index in [1.54, 1.807) is 6.33 Å². The Hall–Kier alpha value is -1.55. The van der Waals surface area contributed by atoms with Crippen molar-refractivity contribution in [3.8, 4) is 5.75 Å². The fraction of sp³-hybridized carbons (Fsp3) is 0.333. The van der Waals surface area contributed by atoms with Crippen molar-refractivity contribution in [1.29, 1.82) is 0 Å². The van der Waals surface area contributed by atoms with Crippen LogP contribution in [-0.4, -0.2) is 21.4 Å². The predicted molar refractivity (Wildman–Crippen MR) is 64.3 cm³/mol. The average Bonchev–Trinajstić information content (AvgIpc) is 2.86. The zero-order chi connectivity index (χ0) is 11.7. The maximum absolute atomic E-state index is 5.87. The topological polar surface area (TPSA) is 39.9 Å². The summed E-state index contributed by atoms with van der Waals surface area (Å²) in [6.07, 6.45) is 2.66. The van der Waals surface area contributed by atoms with Gasteiger partial charge in [0.05, 0.1) is 18.5 Å². The predicted octanol–water partition coefficient (Wildman–Crippen LogP) is 2.39. The highest BCUT2D eigenvalue weighted by atomic mass is 35.5. The zero-order valence-corrected chi connectivity index (χ0v) is 9.97. The lowest BCUT2D eigenvalue weighted by Crippen LogP contribution is -2.21. The van der Waals surface area contributed by atoms with Gasteiger partial charge in [-0.2, -0.15) is 0 Å². The number of benzene rings is 1. The molecule has 0 saturated heterocycles. The van der Waals surface area contributed by atoms with Crippen LogP contribution in [-0.2, 0) is 5.88 Å². The Labute approximate surface area is 104 Å². The SMILES string of the molecule is ClCc1nncn1C1CCOc2ccccc21. The third kappa shape index (κ3) is 1.78. The van der Waals surface area contributed by atoms with Crippen LogP contribution in [0.5, 0.6) is 5.75 Å². The number of alkyl halides is 1. The van der Waals surface area contributed by atoms with Crippen molar-refractivity contribution in [2.45, 2.75) is 18.3 Å². The van der Waals surface area contributed by atoms with E-state index in [1.165, 1.54) is 5.56 Å². The number of para-hydroxylation sites is 1. The second-order valence-corrected chi connectivity index (χ2v) is 4.25. The minimum Gasteiger partial charge on any atom is -0.493 e. The molecule has 1 aromatic carbocycles. The van der Waals surface area contributed by atoms with Crippen LogP contribution in [0.3, 0.4) is 0 Å². The standard InChI is InChI=1S/C12H12ClN3O/c13-7-12-15-14-8-16(12)10-5-6-17-11-4-2-1-3-9(10)11/h1-4,8,10H,5-7H2. The first kappa shape index (κ1) is 10.6. The Bertz CT molecular complexity index is 526. The number of aromatic nitrogens is 3. The third-order valence-electron chi connectivity index (χ3n) is 3.03. The van der Waals surface area contributed by atoms with Crippen molar-refractivity contribution < 1.29 is 4.74 Å². The number of ether oxygens (including phenoxy) is 1. The lowest BCUT2D eigenvalue weighted by atomic mass is 10.0. The Balaban J connectivity index is 2.06. The van der Waals surface area contributed by atoms with Crippen LogP contribution in [0.25, 0.3) is 0 Å². The number of hydrogen-bond donors (Lipinski definition) is 0.